The lowest BCUT2D eigenvalue weighted by molar-refractivity contribution is 0.101. The number of nitrogens with one attached hydrogen (secondary N) is 1. The summed E-state index contributed by atoms with van der Waals surface area (Å²) in [5.41, 5.74) is 1.87. The summed E-state index contributed by atoms with van der Waals surface area (Å²) < 4.78 is 12.6. The summed E-state index contributed by atoms with van der Waals surface area (Å²) in [5, 5.41) is 9.16. The fraction of sp³-hybridized carbons (Fsp3) is 0.211. The molecule has 4 rings (SSSR count). The van der Waals surface area contributed by atoms with Gasteiger partial charge in [0.15, 0.2) is 17.3 Å². The van der Waals surface area contributed by atoms with Crippen molar-refractivity contribution < 1.29 is 19.1 Å². The second-order valence-electron chi connectivity index (χ2n) is 6.07. The van der Waals surface area contributed by atoms with Crippen molar-refractivity contribution in [3.63, 3.8) is 0 Å². The normalized spacial score (nSPS) is 12.7. The van der Waals surface area contributed by atoms with Gasteiger partial charge in [0.1, 0.15) is 24.6 Å². The number of ketones is 1. The molecular formula is C19H17N3O4S. The van der Waals surface area contributed by atoms with Crippen molar-refractivity contribution in [3.8, 4) is 22.1 Å². The summed E-state index contributed by atoms with van der Waals surface area (Å²) >= 11 is 1.55. The van der Waals surface area contributed by atoms with E-state index in [2.05, 4.69) is 10.4 Å². The third-order valence-electron chi connectivity index (χ3n) is 4.20. The van der Waals surface area contributed by atoms with E-state index in [0.717, 1.165) is 10.6 Å². The number of Topliss-reactive ketones (excluding diaryl/α,β-unsaturated/α-hetero) is 1. The number of aryl methyl sites for hydroxylation is 1. The Morgan fingerprint density at radius 2 is 1.93 bits per heavy atom. The van der Waals surface area contributed by atoms with Crippen molar-refractivity contribution >= 4 is 28.7 Å². The van der Waals surface area contributed by atoms with E-state index in [1.165, 1.54) is 11.6 Å². The molecular weight excluding hydrogens is 366 g/mol. The van der Waals surface area contributed by atoms with Crippen LogP contribution in [0.25, 0.3) is 10.6 Å². The number of carbonyl (C=O) groups excluding carboxylic acids is 2. The summed E-state index contributed by atoms with van der Waals surface area (Å²) in [6.07, 6.45) is 0. The second-order valence-corrected chi connectivity index (χ2v) is 7.02. The lowest BCUT2D eigenvalue weighted by Gasteiger charge is -2.20. The zero-order valence-corrected chi connectivity index (χ0v) is 15.6. The third-order valence-corrected chi connectivity index (χ3v) is 5.09. The zero-order valence-electron chi connectivity index (χ0n) is 14.8. The molecule has 3 aromatic rings. The number of hydrogen-bond donors (Lipinski definition) is 1. The van der Waals surface area contributed by atoms with E-state index in [0.29, 0.717) is 41.7 Å². The highest BCUT2D eigenvalue weighted by atomic mass is 32.1. The van der Waals surface area contributed by atoms with Crippen LogP contribution in [0.15, 0.2) is 35.7 Å². The topological polar surface area (TPSA) is 82.5 Å². The molecule has 7 nitrogen and oxygen atoms in total. The Kier molecular flexibility index (Phi) is 4.41. The monoisotopic (exact) mass is 383 g/mol. The van der Waals surface area contributed by atoms with Gasteiger partial charge in [-0.15, -0.1) is 11.3 Å². The molecule has 138 valence electrons. The van der Waals surface area contributed by atoms with E-state index in [-0.39, 0.29) is 11.7 Å². The molecule has 0 radical (unpaired) electrons. The van der Waals surface area contributed by atoms with E-state index in [9.17, 15) is 9.59 Å². The van der Waals surface area contributed by atoms with Crippen LogP contribution in [0.1, 0.15) is 27.8 Å². The van der Waals surface area contributed by atoms with Gasteiger partial charge in [-0.2, -0.15) is 5.10 Å². The summed E-state index contributed by atoms with van der Waals surface area (Å²) in [4.78, 5) is 25.8. The Morgan fingerprint density at radius 1 is 1.19 bits per heavy atom. The Bertz CT molecular complexity index is 1020. The fourth-order valence-corrected chi connectivity index (χ4v) is 3.58. The van der Waals surface area contributed by atoms with Crippen molar-refractivity contribution in [2.45, 2.75) is 6.92 Å². The average Bonchev–Trinajstić information content (AvgIpc) is 3.30. The lowest BCUT2D eigenvalue weighted by Crippen LogP contribution is -2.20. The molecule has 0 unspecified atom stereocenters. The van der Waals surface area contributed by atoms with Crippen molar-refractivity contribution in [1.29, 1.82) is 0 Å². The van der Waals surface area contributed by atoms with E-state index in [4.69, 9.17) is 9.47 Å². The molecule has 0 saturated carbocycles. The van der Waals surface area contributed by atoms with Gasteiger partial charge in [0.05, 0.1) is 10.6 Å². The molecule has 27 heavy (non-hydrogen) atoms. The Morgan fingerprint density at radius 3 is 2.59 bits per heavy atom. The van der Waals surface area contributed by atoms with Crippen LogP contribution in [0.3, 0.4) is 0 Å². The van der Waals surface area contributed by atoms with Gasteiger partial charge in [-0.05, 0) is 30.5 Å². The zero-order chi connectivity index (χ0) is 19.0. The number of nitrogens with zero attached hydrogens (tertiary/aromatic N) is 2. The highest BCUT2D eigenvalue weighted by Crippen LogP contribution is 2.36. The molecule has 1 amide bonds. The van der Waals surface area contributed by atoms with Gasteiger partial charge in [-0.25, -0.2) is 0 Å². The van der Waals surface area contributed by atoms with E-state index in [1.54, 1.807) is 36.6 Å². The van der Waals surface area contributed by atoms with Crippen LogP contribution in [0.4, 0.5) is 5.69 Å². The smallest absolute Gasteiger partial charge is 0.273 e. The predicted molar refractivity (Wildman–Crippen MR) is 102 cm³/mol. The van der Waals surface area contributed by atoms with E-state index in [1.807, 2.05) is 17.5 Å². The van der Waals surface area contributed by atoms with Crippen LogP contribution >= 0.6 is 11.3 Å². The minimum Gasteiger partial charge on any atom is -0.486 e. The average molecular weight is 383 g/mol. The van der Waals surface area contributed by atoms with Crippen molar-refractivity contribution in [3.05, 3.63) is 47.0 Å². The minimum absolute atomic E-state index is 0.174. The van der Waals surface area contributed by atoms with Gasteiger partial charge in [0.2, 0.25) is 0 Å². The van der Waals surface area contributed by atoms with Crippen molar-refractivity contribution in [1.82, 2.24) is 9.78 Å². The van der Waals surface area contributed by atoms with Crippen LogP contribution in [-0.4, -0.2) is 34.7 Å². The first-order valence-electron chi connectivity index (χ1n) is 8.37. The molecule has 3 heterocycles. The van der Waals surface area contributed by atoms with Crippen molar-refractivity contribution in [2.75, 3.05) is 18.5 Å². The molecule has 2 aromatic heterocycles. The maximum absolute atomic E-state index is 12.8. The third kappa shape index (κ3) is 3.31. The molecule has 1 aromatic carbocycles. The Labute approximate surface area is 159 Å². The van der Waals surface area contributed by atoms with Gasteiger partial charge in [-0.1, -0.05) is 6.07 Å². The molecule has 0 saturated heterocycles. The fourth-order valence-electron chi connectivity index (χ4n) is 2.89. The Hall–Kier alpha value is -3.13. The van der Waals surface area contributed by atoms with Crippen LogP contribution < -0.4 is 14.8 Å². The first-order valence-corrected chi connectivity index (χ1v) is 9.25. The van der Waals surface area contributed by atoms with Crippen LogP contribution in [0.5, 0.6) is 11.5 Å². The molecule has 0 aliphatic carbocycles. The molecule has 8 heteroatoms. The largest absolute Gasteiger partial charge is 0.486 e. The van der Waals surface area contributed by atoms with Crippen LogP contribution in [-0.2, 0) is 7.05 Å². The van der Waals surface area contributed by atoms with Gasteiger partial charge < -0.3 is 14.8 Å². The quantitative estimate of drug-likeness (QED) is 0.699. The van der Waals surface area contributed by atoms with Crippen LogP contribution in [0, 0.1) is 0 Å². The number of rotatable bonds is 4. The van der Waals surface area contributed by atoms with E-state index < -0.39 is 0 Å². The van der Waals surface area contributed by atoms with Gasteiger partial charge in [0, 0.05) is 18.7 Å². The highest BCUT2D eigenvalue weighted by Gasteiger charge is 2.21. The number of aromatic nitrogens is 2. The molecule has 1 aliphatic rings. The number of carbonyl (C=O) groups is 2. The summed E-state index contributed by atoms with van der Waals surface area (Å²) in [6, 6.07) is 8.84. The number of fused-ring (bicyclic) bond motifs is 1. The number of ether oxygens (including phenoxy) is 2. The number of hydrogen-bond acceptors (Lipinski definition) is 6. The van der Waals surface area contributed by atoms with Gasteiger partial charge >= 0.3 is 0 Å². The van der Waals surface area contributed by atoms with Crippen LogP contribution in [0.2, 0.25) is 0 Å². The first-order chi connectivity index (χ1) is 13.0. The first kappa shape index (κ1) is 17.3. The second kappa shape index (κ2) is 6.88. The lowest BCUT2D eigenvalue weighted by atomic mass is 10.1. The number of amides is 1. The van der Waals surface area contributed by atoms with E-state index >= 15 is 0 Å². The molecule has 0 spiro atoms. The number of thiophene rings is 1. The predicted octanol–water partition coefficient (Wildman–Crippen LogP) is 3.37. The number of anilines is 1. The minimum atomic E-state index is -0.355. The molecule has 0 bridgehead atoms. The molecule has 1 N–H and O–H groups in total. The highest BCUT2D eigenvalue weighted by molar-refractivity contribution is 7.13. The maximum atomic E-state index is 12.8. The maximum Gasteiger partial charge on any atom is 0.273 e. The summed E-state index contributed by atoms with van der Waals surface area (Å²) in [5.74, 6) is 0.481. The van der Waals surface area contributed by atoms with Gasteiger partial charge in [-0.3, -0.25) is 14.3 Å². The SMILES string of the molecule is CC(=O)c1cc2c(cc1NC(=O)c1cc(-c3cccs3)nn1C)OCCO2. The molecule has 0 fully saturated rings. The Balaban J connectivity index is 1.66. The number of benzene rings is 1. The van der Waals surface area contributed by atoms with Gasteiger partial charge in [0.25, 0.3) is 5.91 Å². The molecule has 1 aliphatic heterocycles. The summed E-state index contributed by atoms with van der Waals surface area (Å²) in [6.45, 7) is 2.29. The summed E-state index contributed by atoms with van der Waals surface area (Å²) in [7, 11) is 1.71. The van der Waals surface area contributed by atoms with Crippen molar-refractivity contribution in [2.24, 2.45) is 7.05 Å². The standard InChI is InChI=1S/C19H17N3O4S/c1-11(23)12-8-16-17(26-6-5-25-16)10-13(12)20-19(24)15-9-14(21-22(15)2)18-4-3-7-27-18/h3-4,7-10H,5-6H2,1-2H3,(H,20,24). The molecule has 0 atom stereocenters.